The average Bonchev–Trinajstić information content (AvgIpc) is 2.74. The number of carbonyl (C=O) groups excluding carboxylic acids is 1. The van der Waals surface area contributed by atoms with Crippen LogP contribution in [0, 0.1) is 0 Å². The molecule has 0 unspecified atom stereocenters. The van der Waals surface area contributed by atoms with Gasteiger partial charge in [0.1, 0.15) is 11.5 Å². The standard InChI is InChI=1S/C16H23NO3/c1-19-14-8-10-15(11-9-14)20-12-16(18)17-13-6-4-2-3-5-7-13/h8-11,13H,2-7,12H2,1H3,(H,17,18). The molecule has 4 heteroatoms. The van der Waals surface area contributed by atoms with Crippen molar-refractivity contribution >= 4 is 5.91 Å². The molecule has 4 nitrogen and oxygen atoms in total. The normalized spacial score (nSPS) is 16.2. The van der Waals surface area contributed by atoms with Crippen LogP contribution < -0.4 is 14.8 Å². The second-order valence-corrected chi connectivity index (χ2v) is 5.22. The van der Waals surface area contributed by atoms with Crippen LogP contribution in [-0.2, 0) is 4.79 Å². The van der Waals surface area contributed by atoms with Crippen LogP contribution in [0.15, 0.2) is 24.3 Å². The predicted octanol–water partition coefficient (Wildman–Crippen LogP) is 2.91. The molecule has 1 aromatic rings. The van der Waals surface area contributed by atoms with Gasteiger partial charge < -0.3 is 14.8 Å². The van der Waals surface area contributed by atoms with Crippen LogP contribution in [0.5, 0.6) is 11.5 Å². The molecule has 0 spiro atoms. The van der Waals surface area contributed by atoms with Crippen LogP contribution in [0.4, 0.5) is 0 Å². The molecule has 1 N–H and O–H groups in total. The maximum atomic E-state index is 11.9. The Hall–Kier alpha value is -1.71. The number of nitrogens with one attached hydrogen (secondary N) is 1. The Morgan fingerprint density at radius 1 is 1.10 bits per heavy atom. The molecule has 0 aromatic heterocycles. The summed E-state index contributed by atoms with van der Waals surface area (Å²) < 4.78 is 10.5. The second kappa shape index (κ2) is 7.78. The molecule has 0 aliphatic heterocycles. The molecule has 2 rings (SSSR count). The number of hydrogen-bond acceptors (Lipinski definition) is 3. The first-order valence-electron chi connectivity index (χ1n) is 7.34. The lowest BCUT2D eigenvalue weighted by Gasteiger charge is -2.16. The molecule has 20 heavy (non-hydrogen) atoms. The monoisotopic (exact) mass is 277 g/mol. The minimum atomic E-state index is -0.0345. The van der Waals surface area contributed by atoms with Crippen LogP contribution in [0.3, 0.4) is 0 Å². The van der Waals surface area contributed by atoms with Crippen molar-refractivity contribution < 1.29 is 14.3 Å². The van der Waals surface area contributed by atoms with Crippen molar-refractivity contribution in [2.24, 2.45) is 0 Å². The molecular formula is C16H23NO3. The number of benzene rings is 1. The Balaban J connectivity index is 1.73. The minimum Gasteiger partial charge on any atom is -0.497 e. The summed E-state index contributed by atoms with van der Waals surface area (Å²) >= 11 is 0. The molecule has 0 atom stereocenters. The molecule has 0 saturated heterocycles. The molecule has 0 bridgehead atoms. The van der Waals surface area contributed by atoms with Crippen molar-refractivity contribution in [1.29, 1.82) is 0 Å². The first kappa shape index (κ1) is 14.7. The first-order chi connectivity index (χ1) is 9.78. The van der Waals surface area contributed by atoms with Gasteiger partial charge in [-0.15, -0.1) is 0 Å². The van der Waals surface area contributed by atoms with Gasteiger partial charge in [0.2, 0.25) is 0 Å². The van der Waals surface area contributed by atoms with E-state index in [1.165, 1.54) is 25.7 Å². The van der Waals surface area contributed by atoms with Crippen LogP contribution >= 0.6 is 0 Å². The third-order valence-electron chi connectivity index (χ3n) is 3.65. The molecule has 110 valence electrons. The Bertz CT molecular complexity index is 408. The summed E-state index contributed by atoms with van der Waals surface area (Å²) in [6.07, 6.45) is 7.18. The van der Waals surface area contributed by atoms with E-state index in [4.69, 9.17) is 9.47 Å². The van der Waals surface area contributed by atoms with Crippen LogP contribution in [0.2, 0.25) is 0 Å². The van der Waals surface area contributed by atoms with Crippen molar-refractivity contribution in [3.8, 4) is 11.5 Å². The number of methoxy groups -OCH3 is 1. The highest BCUT2D eigenvalue weighted by atomic mass is 16.5. The number of rotatable bonds is 5. The van der Waals surface area contributed by atoms with Crippen molar-refractivity contribution in [2.45, 2.75) is 44.6 Å². The Kier molecular flexibility index (Phi) is 5.71. The molecular weight excluding hydrogens is 254 g/mol. The summed E-state index contributed by atoms with van der Waals surface area (Å²) in [6, 6.07) is 7.57. The summed E-state index contributed by atoms with van der Waals surface area (Å²) in [5.74, 6) is 1.43. The zero-order valence-electron chi connectivity index (χ0n) is 12.1. The van der Waals surface area contributed by atoms with E-state index in [0.717, 1.165) is 18.6 Å². The zero-order valence-corrected chi connectivity index (χ0v) is 12.1. The number of amides is 1. The van der Waals surface area contributed by atoms with Crippen molar-refractivity contribution in [2.75, 3.05) is 13.7 Å². The summed E-state index contributed by atoms with van der Waals surface area (Å²) in [5.41, 5.74) is 0. The largest absolute Gasteiger partial charge is 0.497 e. The molecule has 1 aliphatic carbocycles. The van der Waals surface area contributed by atoms with Gasteiger partial charge in [-0.05, 0) is 37.1 Å². The van der Waals surface area contributed by atoms with Gasteiger partial charge in [0.25, 0.3) is 5.91 Å². The van der Waals surface area contributed by atoms with E-state index in [1.54, 1.807) is 19.2 Å². The Labute approximate surface area is 120 Å². The molecule has 1 aromatic carbocycles. The quantitative estimate of drug-likeness (QED) is 0.842. The first-order valence-corrected chi connectivity index (χ1v) is 7.34. The number of carbonyl (C=O) groups is 1. The highest BCUT2D eigenvalue weighted by Crippen LogP contribution is 2.18. The van der Waals surface area contributed by atoms with Gasteiger partial charge in [0, 0.05) is 6.04 Å². The highest BCUT2D eigenvalue weighted by molar-refractivity contribution is 5.77. The third-order valence-corrected chi connectivity index (χ3v) is 3.65. The van der Waals surface area contributed by atoms with Gasteiger partial charge in [0.15, 0.2) is 6.61 Å². The lowest BCUT2D eigenvalue weighted by molar-refractivity contribution is -0.123. The maximum Gasteiger partial charge on any atom is 0.258 e. The predicted molar refractivity (Wildman–Crippen MR) is 78.1 cm³/mol. The lowest BCUT2D eigenvalue weighted by Crippen LogP contribution is -2.37. The van der Waals surface area contributed by atoms with E-state index < -0.39 is 0 Å². The van der Waals surface area contributed by atoms with Gasteiger partial charge in [-0.25, -0.2) is 0 Å². The Morgan fingerprint density at radius 2 is 1.70 bits per heavy atom. The summed E-state index contributed by atoms with van der Waals surface area (Å²) in [4.78, 5) is 11.9. The molecule has 1 aliphatic rings. The van der Waals surface area contributed by atoms with E-state index in [0.29, 0.717) is 11.8 Å². The Morgan fingerprint density at radius 3 is 2.30 bits per heavy atom. The van der Waals surface area contributed by atoms with E-state index in [9.17, 15) is 4.79 Å². The van der Waals surface area contributed by atoms with Gasteiger partial charge in [-0.3, -0.25) is 4.79 Å². The zero-order chi connectivity index (χ0) is 14.2. The van der Waals surface area contributed by atoms with Gasteiger partial charge in [-0.1, -0.05) is 25.7 Å². The van der Waals surface area contributed by atoms with E-state index >= 15 is 0 Å². The molecule has 1 fully saturated rings. The fourth-order valence-electron chi connectivity index (χ4n) is 2.51. The second-order valence-electron chi connectivity index (χ2n) is 5.22. The minimum absolute atomic E-state index is 0.0345. The number of hydrogen-bond donors (Lipinski definition) is 1. The smallest absolute Gasteiger partial charge is 0.258 e. The molecule has 1 amide bonds. The maximum absolute atomic E-state index is 11.9. The van der Waals surface area contributed by atoms with E-state index in [-0.39, 0.29) is 12.5 Å². The highest BCUT2D eigenvalue weighted by Gasteiger charge is 2.14. The number of ether oxygens (including phenoxy) is 2. The van der Waals surface area contributed by atoms with Gasteiger partial charge in [0.05, 0.1) is 7.11 Å². The van der Waals surface area contributed by atoms with E-state index in [2.05, 4.69) is 5.32 Å². The molecule has 0 heterocycles. The average molecular weight is 277 g/mol. The molecule has 0 radical (unpaired) electrons. The third kappa shape index (κ3) is 4.76. The lowest BCUT2D eigenvalue weighted by atomic mass is 10.1. The van der Waals surface area contributed by atoms with Crippen LogP contribution in [-0.4, -0.2) is 25.7 Å². The summed E-state index contributed by atoms with van der Waals surface area (Å²) in [7, 11) is 1.62. The van der Waals surface area contributed by atoms with Crippen molar-refractivity contribution in [3.05, 3.63) is 24.3 Å². The fraction of sp³-hybridized carbons (Fsp3) is 0.562. The fourth-order valence-corrected chi connectivity index (χ4v) is 2.51. The van der Waals surface area contributed by atoms with Crippen molar-refractivity contribution in [3.63, 3.8) is 0 Å². The van der Waals surface area contributed by atoms with E-state index in [1.807, 2.05) is 12.1 Å². The summed E-state index contributed by atoms with van der Waals surface area (Å²) in [5, 5.41) is 3.06. The van der Waals surface area contributed by atoms with Crippen molar-refractivity contribution in [1.82, 2.24) is 5.32 Å². The van der Waals surface area contributed by atoms with Crippen LogP contribution in [0.1, 0.15) is 38.5 Å². The topological polar surface area (TPSA) is 47.6 Å². The SMILES string of the molecule is COc1ccc(OCC(=O)NC2CCCCCC2)cc1. The summed E-state index contributed by atoms with van der Waals surface area (Å²) in [6.45, 7) is 0.0723. The molecule has 1 saturated carbocycles. The van der Waals surface area contributed by atoms with Crippen LogP contribution in [0.25, 0.3) is 0 Å². The van der Waals surface area contributed by atoms with Gasteiger partial charge in [-0.2, -0.15) is 0 Å². The van der Waals surface area contributed by atoms with Gasteiger partial charge >= 0.3 is 0 Å².